The minimum absolute atomic E-state index is 0.130. The molecule has 2 atom stereocenters. The van der Waals surface area contributed by atoms with Crippen molar-refractivity contribution in [2.75, 3.05) is 37.6 Å². The molecule has 6 nitrogen and oxygen atoms in total. The Kier molecular flexibility index (Phi) is 7.64. The van der Waals surface area contributed by atoms with Gasteiger partial charge in [0.25, 0.3) is 5.91 Å². The van der Waals surface area contributed by atoms with Crippen LogP contribution in [0.2, 0.25) is 0 Å². The van der Waals surface area contributed by atoms with E-state index in [4.69, 9.17) is 0 Å². The van der Waals surface area contributed by atoms with Crippen LogP contribution >= 0.6 is 0 Å². The summed E-state index contributed by atoms with van der Waals surface area (Å²) in [5.74, 6) is -0.759. The molecule has 2 aliphatic rings. The van der Waals surface area contributed by atoms with Gasteiger partial charge in [-0.2, -0.15) is 13.2 Å². The minimum atomic E-state index is -4.54. The van der Waals surface area contributed by atoms with Crippen LogP contribution in [0.1, 0.15) is 41.6 Å². The van der Waals surface area contributed by atoms with Crippen LogP contribution in [0.3, 0.4) is 0 Å². The molecule has 1 unspecified atom stereocenters. The fraction of sp³-hybridized carbons (Fsp3) is 0.462. The Morgan fingerprint density at radius 2 is 1.86 bits per heavy atom. The number of hydrogen-bond acceptors (Lipinski definition) is 4. The Bertz CT molecular complexity index is 1020. The average molecular weight is 489 g/mol. The third kappa shape index (κ3) is 6.14. The summed E-state index contributed by atoms with van der Waals surface area (Å²) in [6.45, 7) is 3.04. The van der Waals surface area contributed by atoms with Crippen LogP contribution in [0.15, 0.2) is 54.6 Å². The van der Waals surface area contributed by atoms with Gasteiger partial charge in [0, 0.05) is 30.9 Å². The van der Waals surface area contributed by atoms with Crippen LogP contribution in [0, 0.1) is 5.92 Å². The monoisotopic (exact) mass is 488 g/mol. The SMILES string of the molecule is O=C(CNC(=O)c1cccc(C(F)(F)F)c1)N[C@@]1(C2CCCN(c3ccccc3)CC2)CCNC1. The first-order valence-corrected chi connectivity index (χ1v) is 12.0. The average Bonchev–Trinajstić information content (AvgIpc) is 3.18. The normalized spacial score (nSPS) is 22.9. The van der Waals surface area contributed by atoms with Gasteiger partial charge in [0.15, 0.2) is 0 Å². The molecular weight excluding hydrogens is 457 g/mol. The van der Waals surface area contributed by atoms with Crippen LogP contribution in [0.4, 0.5) is 18.9 Å². The van der Waals surface area contributed by atoms with Crippen molar-refractivity contribution in [1.29, 1.82) is 0 Å². The van der Waals surface area contributed by atoms with Gasteiger partial charge < -0.3 is 20.9 Å². The third-order valence-corrected chi connectivity index (χ3v) is 7.07. The van der Waals surface area contributed by atoms with Crippen LogP contribution < -0.4 is 20.9 Å². The summed E-state index contributed by atoms with van der Waals surface area (Å²) in [7, 11) is 0. The molecular formula is C26H31F3N4O2. The Labute approximate surface area is 203 Å². The van der Waals surface area contributed by atoms with Crippen molar-refractivity contribution in [3.05, 3.63) is 65.7 Å². The summed E-state index contributed by atoms with van der Waals surface area (Å²) in [5, 5.41) is 9.01. The number of amides is 2. The van der Waals surface area contributed by atoms with Gasteiger partial charge in [-0.1, -0.05) is 24.3 Å². The van der Waals surface area contributed by atoms with Crippen molar-refractivity contribution in [2.24, 2.45) is 5.92 Å². The number of carbonyl (C=O) groups is 2. The van der Waals surface area contributed by atoms with E-state index in [0.717, 1.165) is 57.5 Å². The number of carbonyl (C=O) groups excluding carboxylic acids is 2. The molecule has 2 heterocycles. The van der Waals surface area contributed by atoms with E-state index in [1.54, 1.807) is 0 Å². The molecule has 0 saturated carbocycles. The molecule has 2 aromatic rings. The number of rotatable bonds is 6. The molecule has 0 spiro atoms. The van der Waals surface area contributed by atoms with E-state index in [2.05, 4.69) is 33.0 Å². The van der Waals surface area contributed by atoms with Gasteiger partial charge in [-0.25, -0.2) is 0 Å². The molecule has 0 radical (unpaired) electrons. The molecule has 2 aromatic carbocycles. The highest BCUT2D eigenvalue weighted by molar-refractivity contribution is 5.96. The predicted molar refractivity (Wildman–Crippen MR) is 128 cm³/mol. The number of para-hydroxylation sites is 1. The molecule has 3 N–H and O–H groups in total. The second kappa shape index (κ2) is 10.7. The third-order valence-electron chi connectivity index (χ3n) is 7.07. The maximum Gasteiger partial charge on any atom is 0.416 e. The highest BCUT2D eigenvalue weighted by Crippen LogP contribution is 2.34. The number of anilines is 1. The van der Waals surface area contributed by atoms with E-state index < -0.39 is 23.2 Å². The molecule has 9 heteroatoms. The lowest BCUT2D eigenvalue weighted by molar-refractivity contribution is -0.137. The van der Waals surface area contributed by atoms with Crippen LogP contribution in [0.25, 0.3) is 0 Å². The lowest BCUT2D eigenvalue weighted by Crippen LogP contribution is -2.57. The Morgan fingerprint density at radius 3 is 2.57 bits per heavy atom. The van der Waals surface area contributed by atoms with Crippen LogP contribution in [0.5, 0.6) is 0 Å². The first-order chi connectivity index (χ1) is 16.8. The van der Waals surface area contributed by atoms with Crippen molar-refractivity contribution < 1.29 is 22.8 Å². The minimum Gasteiger partial charge on any atom is -0.372 e. The molecule has 4 rings (SSSR count). The predicted octanol–water partition coefficient (Wildman–Crippen LogP) is 3.59. The summed E-state index contributed by atoms with van der Waals surface area (Å²) in [6, 6.07) is 14.5. The summed E-state index contributed by atoms with van der Waals surface area (Å²) in [5.41, 5.74) is -0.226. The molecule has 35 heavy (non-hydrogen) atoms. The summed E-state index contributed by atoms with van der Waals surface area (Å²) < 4.78 is 38.8. The largest absolute Gasteiger partial charge is 0.416 e. The van der Waals surface area contributed by atoms with Gasteiger partial charge >= 0.3 is 6.18 Å². The zero-order valence-electron chi connectivity index (χ0n) is 19.5. The second-order valence-electron chi connectivity index (χ2n) is 9.34. The maximum atomic E-state index is 12.9. The number of nitrogens with one attached hydrogen (secondary N) is 3. The fourth-order valence-corrected chi connectivity index (χ4v) is 5.24. The van der Waals surface area contributed by atoms with Gasteiger partial charge in [0.1, 0.15) is 0 Å². The van der Waals surface area contributed by atoms with E-state index in [0.29, 0.717) is 6.54 Å². The molecule has 188 valence electrons. The number of hydrogen-bond donors (Lipinski definition) is 3. The van der Waals surface area contributed by atoms with Crippen molar-refractivity contribution >= 4 is 17.5 Å². The van der Waals surface area contributed by atoms with Gasteiger partial charge in [-0.05, 0) is 68.5 Å². The van der Waals surface area contributed by atoms with E-state index in [1.807, 2.05) is 18.2 Å². The number of nitrogens with zero attached hydrogens (tertiary/aromatic N) is 1. The summed E-state index contributed by atoms with van der Waals surface area (Å²) in [4.78, 5) is 27.6. The van der Waals surface area contributed by atoms with Gasteiger partial charge in [0.05, 0.1) is 17.6 Å². The van der Waals surface area contributed by atoms with Crippen molar-refractivity contribution in [2.45, 2.75) is 37.4 Å². The number of halogens is 3. The van der Waals surface area contributed by atoms with Crippen LogP contribution in [-0.2, 0) is 11.0 Å². The zero-order valence-corrected chi connectivity index (χ0v) is 19.5. The first-order valence-electron chi connectivity index (χ1n) is 12.0. The smallest absolute Gasteiger partial charge is 0.372 e. The van der Waals surface area contributed by atoms with E-state index >= 15 is 0 Å². The first kappa shape index (κ1) is 25.0. The number of benzene rings is 2. The highest BCUT2D eigenvalue weighted by atomic mass is 19.4. The number of alkyl halides is 3. The standard InChI is InChI=1S/C26H31F3N4O2/c27-26(28,29)21-7-4-6-19(16-21)24(35)31-17-23(34)32-25(12-13-30-18-25)20-8-5-14-33(15-11-20)22-9-2-1-3-10-22/h1-4,6-7,9-10,16,20,30H,5,8,11-15,17-18H2,(H,31,35)(H,32,34)/t20?,25-/m0/s1. The fourth-order valence-electron chi connectivity index (χ4n) is 5.24. The quantitative estimate of drug-likeness (QED) is 0.581. The van der Waals surface area contributed by atoms with Crippen molar-refractivity contribution in [3.8, 4) is 0 Å². The van der Waals surface area contributed by atoms with Crippen LogP contribution in [-0.4, -0.2) is 50.1 Å². The molecule has 2 aliphatic heterocycles. The van der Waals surface area contributed by atoms with E-state index in [-0.39, 0.29) is 23.9 Å². The summed E-state index contributed by atoms with van der Waals surface area (Å²) >= 11 is 0. The molecule has 2 amide bonds. The summed E-state index contributed by atoms with van der Waals surface area (Å²) in [6.07, 6.45) is -0.792. The topological polar surface area (TPSA) is 73.5 Å². The van der Waals surface area contributed by atoms with Crippen molar-refractivity contribution in [1.82, 2.24) is 16.0 Å². The van der Waals surface area contributed by atoms with Gasteiger partial charge in [-0.15, -0.1) is 0 Å². The molecule has 0 aromatic heterocycles. The van der Waals surface area contributed by atoms with E-state index in [9.17, 15) is 22.8 Å². The van der Waals surface area contributed by atoms with Gasteiger partial charge in [0.2, 0.25) is 5.91 Å². The Morgan fingerprint density at radius 1 is 1.06 bits per heavy atom. The lowest BCUT2D eigenvalue weighted by Gasteiger charge is -2.38. The Balaban J connectivity index is 1.36. The van der Waals surface area contributed by atoms with Crippen molar-refractivity contribution in [3.63, 3.8) is 0 Å². The Hall–Kier alpha value is -3.07. The molecule has 2 saturated heterocycles. The lowest BCUT2D eigenvalue weighted by atomic mass is 9.78. The maximum absolute atomic E-state index is 12.9. The van der Waals surface area contributed by atoms with E-state index in [1.165, 1.54) is 17.8 Å². The van der Waals surface area contributed by atoms with Gasteiger partial charge in [-0.3, -0.25) is 9.59 Å². The molecule has 0 bridgehead atoms. The zero-order chi connectivity index (χ0) is 24.9. The molecule has 2 fully saturated rings. The highest BCUT2D eigenvalue weighted by Gasteiger charge is 2.43. The molecule has 0 aliphatic carbocycles. The second-order valence-corrected chi connectivity index (χ2v) is 9.34.